The van der Waals surface area contributed by atoms with E-state index >= 15 is 0 Å². The summed E-state index contributed by atoms with van der Waals surface area (Å²) in [6.07, 6.45) is 1.74. The van der Waals surface area contributed by atoms with Crippen molar-refractivity contribution in [3.8, 4) is 0 Å². The summed E-state index contributed by atoms with van der Waals surface area (Å²) < 4.78 is 1.58. The topological polar surface area (TPSA) is 80.9 Å². The van der Waals surface area contributed by atoms with Gasteiger partial charge in [-0.25, -0.2) is 4.79 Å². The van der Waals surface area contributed by atoms with Gasteiger partial charge in [0.15, 0.2) is 0 Å². The highest BCUT2D eigenvalue weighted by molar-refractivity contribution is 7.99. The van der Waals surface area contributed by atoms with Gasteiger partial charge in [0, 0.05) is 24.2 Å². The zero-order valence-corrected chi connectivity index (χ0v) is 10.3. The van der Waals surface area contributed by atoms with Gasteiger partial charge in [0.1, 0.15) is 0 Å². The molecule has 0 aliphatic carbocycles. The minimum atomic E-state index is -0.440. The number of nitrogens with zero attached hydrogens (tertiary/aromatic N) is 1. The molecule has 0 aromatic carbocycles. The normalized spacial score (nSPS) is 10.9. The highest BCUT2D eigenvalue weighted by Gasteiger charge is 2.05. The molecule has 0 fully saturated rings. The maximum absolute atomic E-state index is 11.4. The first-order valence-electron chi connectivity index (χ1n) is 5.17. The number of aromatic nitrogens is 2. The molecule has 1 heterocycles. The summed E-state index contributed by atoms with van der Waals surface area (Å²) in [6, 6.07) is 0. The molecule has 1 rings (SSSR count). The third kappa shape index (κ3) is 4.14. The van der Waals surface area contributed by atoms with E-state index in [2.05, 4.69) is 18.8 Å². The van der Waals surface area contributed by atoms with Gasteiger partial charge in [-0.3, -0.25) is 9.36 Å². The fraction of sp³-hybridized carbons (Fsp3) is 0.600. The van der Waals surface area contributed by atoms with E-state index in [0.717, 1.165) is 5.75 Å². The Morgan fingerprint density at radius 3 is 2.88 bits per heavy atom. The molecule has 0 radical (unpaired) electrons. The predicted octanol–water partition coefficient (Wildman–Crippen LogP) is 0.346. The molecule has 1 amide bonds. The zero-order valence-electron chi connectivity index (χ0n) is 9.53. The second-order valence-corrected chi connectivity index (χ2v) is 5.52. The number of amides is 1. The Balaban J connectivity index is 2.56. The number of carbonyl (C=O) groups excluding carboxylic acids is 1. The Morgan fingerprint density at radius 1 is 1.62 bits per heavy atom. The lowest BCUT2D eigenvalue weighted by Crippen LogP contribution is -2.18. The van der Waals surface area contributed by atoms with Gasteiger partial charge in [0.25, 0.3) is 0 Å². The molecular formula is C10H17N3O2S. The molecule has 0 unspecified atom stereocenters. The van der Waals surface area contributed by atoms with Crippen LogP contribution < -0.4 is 11.4 Å². The molecular weight excluding hydrogens is 226 g/mol. The van der Waals surface area contributed by atoms with Crippen molar-refractivity contribution in [1.29, 1.82) is 0 Å². The van der Waals surface area contributed by atoms with E-state index in [4.69, 9.17) is 5.73 Å². The number of carbonyl (C=O) groups is 1. The molecule has 0 saturated heterocycles. The lowest BCUT2D eigenvalue weighted by atomic mass is 10.3. The van der Waals surface area contributed by atoms with Crippen LogP contribution >= 0.6 is 11.8 Å². The van der Waals surface area contributed by atoms with Crippen molar-refractivity contribution in [2.24, 2.45) is 5.73 Å². The van der Waals surface area contributed by atoms with Crippen LogP contribution in [0.25, 0.3) is 0 Å². The minimum Gasteiger partial charge on any atom is -0.369 e. The molecule has 0 spiro atoms. The molecule has 0 saturated carbocycles. The summed E-state index contributed by atoms with van der Waals surface area (Å²) in [5.74, 6) is 0.441. The van der Waals surface area contributed by atoms with Gasteiger partial charge in [-0.15, -0.1) is 0 Å². The zero-order chi connectivity index (χ0) is 12.1. The van der Waals surface area contributed by atoms with Crippen molar-refractivity contribution >= 4 is 17.7 Å². The number of aryl methyl sites for hydroxylation is 1. The van der Waals surface area contributed by atoms with E-state index in [1.165, 1.54) is 0 Å². The van der Waals surface area contributed by atoms with Crippen LogP contribution in [0.2, 0.25) is 0 Å². The van der Waals surface area contributed by atoms with Gasteiger partial charge >= 0.3 is 5.69 Å². The van der Waals surface area contributed by atoms with Gasteiger partial charge in [0.05, 0.1) is 6.42 Å². The molecule has 5 nitrogen and oxygen atoms in total. The molecule has 90 valence electrons. The molecule has 0 atom stereocenters. The van der Waals surface area contributed by atoms with Crippen LogP contribution in [0.4, 0.5) is 0 Å². The van der Waals surface area contributed by atoms with Gasteiger partial charge in [-0.05, 0) is 5.25 Å². The predicted molar refractivity (Wildman–Crippen MR) is 65.5 cm³/mol. The molecule has 6 heteroatoms. The number of nitrogens with one attached hydrogen (secondary N) is 1. The number of primary amides is 1. The molecule has 0 bridgehead atoms. The van der Waals surface area contributed by atoms with Crippen LogP contribution in [0.5, 0.6) is 0 Å². The lowest BCUT2D eigenvalue weighted by molar-refractivity contribution is -0.117. The first-order valence-corrected chi connectivity index (χ1v) is 6.22. The van der Waals surface area contributed by atoms with Gasteiger partial charge in [-0.1, -0.05) is 13.8 Å². The smallest absolute Gasteiger partial charge is 0.325 e. The first-order chi connectivity index (χ1) is 7.49. The molecule has 1 aromatic heterocycles. The van der Waals surface area contributed by atoms with Crippen molar-refractivity contribution in [2.75, 3.05) is 5.75 Å². The number of H-pyrrole nitrogens is 1. The SMILES string of the molecule is CC(C)SCCn1cc(CC(N)=O)[nH]c1=O. The van der Waals surface area contributed by atoms with E-state index in [-0.39, 0.29) is 12.1 Å². The summed E-state index contributed by atoms with van der Waals surface area (Å²) >= 11 is 1.79. The number of imidazole rings is 1. The van der Waals surface area contributed by atoms with Gasteiger partial charge in [-0.2, -0.15) is 11.8 Å². The summed E-state index contributed by atoms with van der Waals surface area (Å²) in [4.78, 5) is 24.7. The highest BCUT2D eigenvalue weighted by Crippen LogP contribution is 2.08. The van der Waals surface area contributed by atoms with Crippen molar-refractivity contribution < 1.29 is 4.79 Å². The second kappa shape index (κ2) is 5.79. The Bertz CT molecular complexity index is 408. The summed E-state index contributed by atoms with van der Waals surface area (Å²) in [7, 11) is 0. The standard InChI is InChI=1S/C10H17N3O2S/c1-7(2)16-4-3-13-6-8(5-9(11)14)12-10(13)15/h6-7H,3-5H2,1-2H3,(H2,11,14)(H,12,15). The Labute approximate surface area is 98.4 Å². The third-order valence-corrected chi connectivity index (χ3v) is 3.07. The monoisotopic (exact) mass is 243 g/mol. The number of rotatable bonds is 6. The van der Waals surface area contributed by atoms with Gasteiger partial charge < -0.3 is 10.7 Å². The third-order valence-electron chi connectivity index (χ3n) is 1.99. The van der Waals surface area contributed by atoms with Crippen LogP contribution in [0.15, 0.2) is 11.0 Å². The molecule has 1 aromatic rings. The fourth-order valence-corrected chi connectivity index (χ4v) is 2.09. The van der Waals surface area contributed by atoms with Crippen LogP contribution in [0.3, 0.4) is 0 Å². The lowest BCUT2D eigenvalue weighted by Gasteiger charge is -2.04. The maximum Gasteiger partial charge on any atom is 0.325 e. The summed E-state index contributed by atoms with van der Waals surface area (Å²) in [5.41, 5.74) is 5.45. The number of hydrogen-bond acceptors (Lipinski definition) is 3. The largest absolute Gasteiger partial charge is 0.369 e. The van der Waals surface area contributed by atoms with Crippen LogP contribution in [-0.2, 0) is 17.8 Å². The van der Waals surface area contributed by atoms with Crippen molar-refractivity contribution in [2.45, 2.75) is 32.1 Å². The van der Waals surface area contributed by atoms with Crippen molar-refractivity contribution in [3.63, 3.8) is 0 Å². The Kier molecular flexibility index (Phi) is 4.67. The van der Waals surface area contributed by atoms with Crippen LogP contribution in [0.1, 0.15) is 19.5 Å². The molecule has 0 aliphatic rings. The summed E-state index contributed by atoms with van der Waals surface area (Å²) in [5, 5.41) is 0.555. The van der Waals surface area contributed by atoms with Crippen LogP contribution in [-0.4, -0.2) is 26.5 Å². The Morgan fingerprint density at radius 2 is 2.31 bits per heavy atom. The number of thioether (sulfide) groups is 1. The highest BCUT2D eigenvalue weighted by atomic mass is 32.2. The molecule has 3 N–H and O–H groups in total. The van der Waals surface area contributed by atoms with E-state index in [1.54, 1.807) is 22.5 Å². The fourth-order valence-electron chi connectivity index (χ4n) is 1.32. The first kappa shape index (κ1) is 12.9. The number of nitrogens with two attached hydrogens (primary N) is 1. The van der Waals surface area contributed by atoms with E-state index in [0.29, 0.717) is 17.5 Å². The second-order valence-electron chi connectivity index (χ2n) is 3.84. The average molecular weight is 243 g/mol. The maximum atomic E-state index is 11.4. The number of aromatic amines is 1. The quantitative estimate of drug-likeness (QED) is 0.756. The Hall–Kier alpha value is -1.17. The number of hydrogen-bond donors (Lipinski definition) is 2. The van der Waals surface area contributed by atoms with E-state index in [1.807, 2.05) is 0 Å². The summed E-state index contributed by atoms with van der Waals surface area (Å²) in [6.45, 7) is 4.88. The van der Waals surface area contributed by atoms with E-state index in [9.17, 15) is 9.59 Å². The minimum absolute atomic E-state index is 0.0829. The van der Waals surface area contributed by atoms with Crippen molar-refractivity contribution in [1.82, 2.24) is 9.55 Å². The van der Waals surface area contributed by atoms with Crippen LogP contribution in [0, 0.1) is 0 Å². The van der Waals surface area contributed by atoms with E-state index < -0.39 is 5.91 Å². The van der Waals surface area contributed by atoms with Crippen molar-refractivity contribution in [3.05, 3.63) is 22.4 Å². The average Bonchev–Trinajstić information content (AvgIpc) is 2.45. The van der Waals surface area contributed by atoms with Gasteiger partial charge in [0.2, 0.25) is 5.91 Å². The molecule has 16 heavy (non-hydrogen) atoms. The molecule has 0 aliphatic heterocycles.